The maximum Gasteiger partial charge on any atom is 0.0482 e. The van der Waals surface area contributed by atoms with E-state index >= 15 is 0 Å². The van der Waals surface area contributed by atoms with Gasteiger partial charge in [-0.3, -0.25) is 4.98 Å². The molecule has 0 amide bonds. The Hall–Kier alpha value is -0.190. The van der Waals surface area contributed by atoms with Gasteiger partial charge >= 0.3 is 0 Å². The fraction of sp³-hybridized carbons (Fsp3) is 0.706. The highest BCUT2D eigenvalue weighted by atomic mass is 32.2. The molecule has 1 aromatic heterocycles. The van der Waals surface area contributed by atoms with Crippen LogP contribution in [-0.2, 0) is 6.42 Å². The summed E-state index contributed by atoms with van der Waals surface area (Å²) in [5.74, 6) is 4.53. The topological polar surface area (TPSA) is 24.9 Å². The van der Waals surface area contributed by atoms with E-state index in [-0.39, 0.29) is 0 Å². The largest absolute Gasteiger partial charge is 0.312 e. The van der Waals surface area contributed by atoms with E-state index in [4.69, 9.17) is 4.98 Å². The van der Waals surface area contributed by atoms with Gasteiger partial charge in [-0.2, -0.15) is 23.5 Å². The lowest BCUT2D eigenvalue weighted by Crippen LogP contribution is -2.46. The lowest BCUT2D eigenvalue weighted by atomic mass is 9.81. The van der Waals surface area contributed by atoms with Crippen LogP contribution in [0.2, 0.25) is 0 Å². The Balaban J connectivity index is 1.82. The first-order valence-corrected chi connectivity index (χ1v) is 10.5. The van der Waals surface area contributed by atoms with Gasteiger partial charge in [-0.25, -0.2) is 0 Å². The van der Waals surface area contributed by atoms with Gasteiger partial charge in [-0.15, -0.1) is 0 Å². The Labute approximate surface area is 137 Å². The molecule has 116 valence electrons. The third-order valence-corrected chi connectivity index (χ3v) is 7.43. The molecule has 1 N–H and O–H groups in total. The molecule has 0 radical (unpaired) electrons. The van der Waals surface area contributed by atoms with Crippen molar-refractivity contribution >= 4 is 23.5 Å². The van der Waals surface area contributed by atoms with Gasteiger partial charge < -0.3 is 5.32 Å². The van der Waals surface area contributed by atoms with Crippen molar-refractivity contribution < 1.29 is 0 Å². The van der Waals surface area contributed by atoms with Crippen molar-refractivity contribution in [1.82, 2.24) is 10.3 Å². The maximum atomic E-state index is 4.77. The fourth-order valence-corrected chi connectivity index (χ4v) is 6.48. The van der Waals surface area contributed by atoms with Crippen LogP contribution in [0.25, 0.3) is 0 Å². The summed E-state index contributed by atoms with van der Waals surface area (Å²) in [5, 5.41) is 4.62. The molecule has 3 unspecified atom stereocenters. The van der Waals surface area contributed by atoms with Crippen molar-refractivity contribution in [1.29, 1.82) is 0 Å². The molecule has 2 aliphatic rings. The Bertz CT molecular complexity index is 446. The number of thioether (sulfide) groups is 2. The van der Waals surface area contributed by atoms with E-state index in [2.05, 4.69) is 47.9 Å². The van der Waals surface area contributed by atoms with E-state index in [1.165, 1.54) is 54.2 Å². The van der Waals surface area contributed by atoms with E-state index < -0.39 is 0 Å². The Kier molecular flexibility index (Phi) is 5.90. The zero-order valence-electron chi connectivity index (χ0n) is 12.9. The molecule has 21 heavy (non-hydrogen) atoms. The average Bonchev–Trinajstić information content (AvgIpc) is 2.56. The molecule has 2 nitrogen and oxygen atoms in total. The first-order valence-electron chi connectivity index (χ1n) is 8.26. The quantitative estimate of drug-likeness (QED) is 0.893. The van der Waals surface area contributed by atoms with Crippen LogP contribution in [0.15, 0.2) is 18.3 Å². The molecule has 0 spiro atoms. The van der Waals surface area contributed by atoms with E-state index in [1.54, 1.807) is 0 Å². The lowest BCUT2D eigenvalue weighted by Gasteiger charge is -2.38. The Morgan fingerprint density at radius 1 is 1.43 bits per heavy atom. The van der Waals surface area contributed by atoms with Gasteiger partial charge in [-0.05, 0) is 43.9 Å². The van der Waals surface area contributed by atoms with Crippen LogP contribution in [0.5, 0.6) is 0 Å². The van der Waals surface area contributed by atoms with Crippen LogP contribution in [0, 0.1) is 0 Å². The molecule has 1 fully saturated rings. The number of aryl methyl sites for hydroxylation is 1. The number of hydrogen-bond donors (Lipinski definition) is 1. The van der Waals surface area contributed by atoms with Gasteiger partial charge in [0.25, 0.3) is 0 Å². The standard InChI is InChI=1S/C17H26N2S2/c1-2-8-18-17(15-12-20-10-11-21-15)14-7-3-5-13-6-4-9-19-16(13)14/h4,6,9,14-15,17-18H,2-3,5,7-8,10-12H2,1H3. The number of fused-ring (bicyclic) bond motifs is 1. The second kappa shape index (κ2) is 7.89. The Morgan fingerprint density at radius 3 is 3.19 bits per heavy atom. The zero-order chi connectivity index (χ0) is 14.5. The number of pyridine rings is 1. The Morgan fingerprint density at radius 2 is 2.38 bits per heavy atom. The molecule has 0 aromatic carbocycles. The average molecular weight is 323 g/mol. The molecule has 3 rings (SSSR count). The van der Waals surface area contributed by atoms with Crippen LogP contribution in [0.1, 0.15) is 43.4 Å². The second-order valence-corrected chi connectivity index (χ2v) is 8.51. The molecule has 0 saturated carbocycles. The highest BCUT2D eigenvalue weighted by Gasteiger charge is 2.34. The van der Waals surface area contributed by atoms with Crippen molar-refractivity contribution in [3.63, 3.8) is 0 Å². The smallest absolute Gasteiger partial charge is 0.0482 e. The van der Waals surface area contributed by atoms with Crippen molar-refractivity contribution in [3.8, 4) is 0 Å². The van der Waals surface area contributed by atoms with Crippen molar-refractivity contribution in [3.05, 3.63) is 29.6 Å². The summed E-state index contributed by atoms with van der Waals surface area (Å²) >= 11 is 4.31. The summed E-state index contributed by atoms with van der Waals surface area (Å²) in [4.78, 5) is 4.77. The molecule has 3 atom stereocenters. The van der Waals surface area contributed by atoms with E-state index in [1.807, 2.05) is 6.20 Å². The van der Waals surface area contributed by atoms with Gasteiger partial charge in [0, 0.05) is 46.4 Å². The van der Waals surface area contributed by atoms with E-state index in [0.717, 1.165) is 11.8 Å². The summed E-state index contributed by atoms with van der Waals surface area (Å²) in [7, 11) is 0. The van der Waals surface area contributed by atoms with E-state index in [0.29, 0.717) is 12.0 Å². The summed E-state index contributed by atoms with van der Waals surface area (Å²) in [6.07, 6.45) is 7.03. The van der Waals surface area contributed by atoms with Crippen LogP contribution < -0.4 is 5.32 Å². The molecule has 1 aliphatic heterocycles. The predicted molar refractivity (Wildman–Crippen MR) is 95.6 cm³/mol. The number of rotatable bonds is 5. The summed E-state index contributed by atoms with van der Waals surface area (Å²) < 4.78 is 0. The zero-order valence-corrected chi connectivity index (χ0v) is 14.5. The third kappa shape index (κ3) is 3.77. The minimum absolute atomic E-state index is 0.594. The van der Waals surface area contributed by atoms with E-state index in [9.17, 15) is 0 Å². The van der Waals surface area contributed by atoms with Gasteiger partial charge in [0.1, 0.15) is 0 Å². The number of aromatic nitrogens is 1. The third-order valence-electron chi connectivity index (χ3n) is 4.54. The number of nitrogens with zero attached hydrogens (tertiary/aromatic N) is 1. The molecule has 1 aliphatic carbocycles. The van der Waals surface area contributed by atoms with Gasteiger partial charge in [0.2, 0.25) is 0 Å². The minimum Gasteiger partial charge on any atom is -0.312 e. The van der Waals surface area contributed by atoms with Crippen molar-refractivity contribution in [2.45, 2.75) is 49.8 Å². The molecular formula is C17H26N2S2. The van der Waals surface area contributed by atoms with Crippen LogP contribution in [0.4, 0.5) is 0 Å². The second-order valence-electron chi connectivity index (χ2n) is 6.01. The maximum absolute atomic E-state index is 4.77. The van der Waals surface area contributed by atoms with Gasteiger partial charge in [-0.1, -0.05) is 13.0 Å². The fourth-order valence-electron chi connectivity index (χ4n) is 3.55. The summed E-state index contributed by atoms with van der Waals surface area (Å²) in [6, 6.07) is 4.98. The molecular weight excluding hydrogens is 296 g/mol. The van der Waals surface area contributed by atoms with Crippen molar-refractivity contribution in [2.75, 3.05) is 23.8 Å². The molecule has 1 saturated heterocycles. The normalized spacial score (nSPS) is 27.1. The molecule has 4 heteroatoms. The van der Waals surface area contributed by atoms with Gasteiger partial charge in [0.05, 0.1) is 0 Å². The van der Waals surface area contributed by atoms with Crippen LogP contribution >= 0.6 is 23.5 Å². The summed E-state index contributed by atoms with van der Waals surface area (Å²) in [6.45, 7) is 3.39. The van der Waals surface area contributed by atoms with Crippen molar-refractivity contribution in [2.24, 2.45) is 0 Å². The first kappa shape index (κ1) is 15.7. The molecule has 0 bridgehead atoms. The minimum atomic E-state index is 0.594. The SMILES string of the molecule is CCCNC(C1CSCCS1)C1CCCc2cccnc21. The molecule has 2 heterocycles. The van der Waals surface area contributed by atoms with Crippen LogP contribution in [-0.4, -0.2) is 40.1 Å². The highest BCUT2D eigenvalue weighted by molar-refractivity contribution is 8.06. The van der Waals surface area contributed by atoms with Gasteiger partial charge in [0.15, 0.2) is 0 Å². The van der Waals surface area contributed by atoms with Crippen LogP contribution in [0.3, 0.4) is 0 Å². The number of hydrogen-bond acceptors (Lipinski definition) is 4. The highest BCUT2D eigenvalue weighted by Crippen LogP contribution is 2.38. The summed E-state index contributed by atoms with van der Waals surface area (Å²) in [5.41, 5.74) is 2.87. The molecule has 1 aromatic rings. The monoisotopic (exact) mass is 322 g/mol. The predicted octanol–water partition coefficient (Wildman–Crippen LogP) is 3.72. The lowest BCUT2D eigenvalue weighted by molar-refractivity contribution is 0.384. The number of nitrogens with one attached hydrogen (secondary N) is 1. The first-order chi connectivity index (χ1) is 10.4.